The molecule has 7 heteroatoms. The molecule has 0 saturated heterocycles. The SMILES string of the molecule is Cn1cc(C(=O)NC[C@H](O)c2cn(C)c3ccccc23)nn1. The van der Waals surface area contributed by atoms with Crippen LogP contribution in [0.25, 0.3) is 10.9 Å². The van der Waals surface area contributed by atoms with Crippen LogP contribution >= 0.6 is 0 Å². The molecule has 0 aliphatic carbocycles. The number of carbonyl (C=O) groups excluding carboxylic acids is 1. The number of aromatic nitrogens is 4. The number of hydrogen-bond acceptors (Lipinski definition) is 4. The zero-order valence-corrected chi connectivity index (χ0v) is 12.4. The molecule has 7 nitrogen and oxygen atoms in total. The number of aryl methyl sites for hydroxylation is 2. The molecule has 3 rings (SSSR count). The van der Waals surface area contributed by atoms with Crippen LogP contribution in [0.4, 0.5) is 0 Å². The van der Waals surface area contributed by atoms with Crippen molar-refractivity contribution in [3.63, 3.8) is 0 Å². The van der Waals surface area contributed by atoms with E-state index in [2.05, 4.69) is 15.6 Å². The number of amides is 1. The maximum Gasteiger partial charge on any atom is 0.273 e. The second-order valence-electron chi connectivity index (χ2n) is 5.22. The first-order valence-electron chi connectivity index (χ1n) is 6.93. The van der Waals surface area contributed by atoms with Crippen molar-refractivity contribution < 1.29 is 9.90 Å². The molecule has 0 aliphatic heterocycles. The average Bonchev–Trinajstić information content (AvgIpc) is 3.09. The number of rotatable bonds is 4. The van der Waals surface area contributed by atoms with Gasteiger partial charge < -0.3 is 15.0 Å². The Balaban J connectivity index is 1.74. The Morgan fingerprint density at radius 2 is 2.09 bits per heavy atom. The lowest BCUT2D eigenvalue weighted by Crippen LogP contribution is -2.28. The highest BCUT2D eigenvalue weighted by Crippen LogP contribution is 2.25. The highest BCUT2D eigenvalue weighted by atomic mass is 16.3. The monoisotopic (exact) mass is 299 g/mol. The van der Waals surface area contributed by atoms with Crippen molar-refractivity contribution in [2.24, 2.45) is 14.1 Å². The molecule has 3 aromatic rings. The van der Waals surface area contributed by atoms with Gasteiger partial charge in [0.15, 0.2) is 5.69 Å². The third kappa shape index (κ3) is 2.58. The predicted octanol–water partition coefficient (Wildman–Crippen LogP) is 0.770. The molecular formula is C15H17N5O2. The van der Waals surface area contributed by atoms with Crippen molar-refractivity contribution in [2.75, 3.05) is 6.54 Å². The summed E-state index contributed by atoms with van der Waals surface area (Å²) in [5.41, 5.74) is 2.06. The molecule has 0 unspecified atom stereocenters. The maximum atomic E-state index is 11.9. The molecule has 0 fully saturated rings. The van der Waals surface area contributed by atoms with E-state index in [1.165, 1.54) is 10.9 Å². The summed E-state index contributed by atoms with van der Waals surface area (Å²) in [4.78, 5) is 11.9. The smallest absolute Gasteiger partial charge is 0.273 e. The first-order valence-corrected chi connectivity index (χ1v) is 6.93. The van der Waals surface area contributed by atoms with Gasteiger partial charge in [-0.1, -0.05) is 23.4 Å². The summed E-state index contributed by atoms with van der Waals surface area (Å²) in [6, 6.07) is 7.83. The highest BCUT2D eigenvalue weighted by molar-refractivity contribution is 5.92. The van der Waals surface area contributed by atoms with E-state index in [0.29, 0.717) is 0 Å². The van der Waals surface area contributed by atoms with Crippen molar-refractivity contribution >= 4 is 16.8 Å². The molecule has 0 spiro atoms. The number of nitrogens with one attached hydrogen (secondary N) is 1. The highest BCUT2D eigenvalue weighted by Gasteiger charge is 2.17. The van der Waals surface area contributed by atoms with Crippen molar-refractivity contribution in [1.82, 2.24) is 24.9 Å². The number of benzene rings is 1. The maximum absolute atomic E-state index is 11.9. The normalized spacial score (nSPS) is 12.5. The van der Waals surface area contributed by atoms with Crippen LogP contribution in [-0.4, -0.2) is 37.1 Å². The standard InChI is InChI=1S/C15H17N5O2/c1-19-8-11(10-5-3-4-6-13(10)19)14(21)7-16-15(22)12-9-20(2)18-17-12/h3-6,8-9,14,21H,7H2,1-2H3,(H,16,22)/t14-/m0/s1. The van der Waals surface area contributed by atoms with E-state index in [1.807, 2.05) is 42.1 Å². The fourth-order valence-corrected chi connectivity index (χ4v) is 2.48. The van der Waals surface area contributed by atoms with Crippen LogP contribution in [0.1, 0.15) is 22.2 Å². The quantitative estimate of drug-likeness (QED) is 0.745. The Kier molecular flexibility index (Phi) is 3.64. The van der Waals surface area contributed by atoms with Crippen LogP contribution in [0.2, 0.25) is 0 Å². The average molecular weight is 299 g/mol. The molecule has 0 radical (unpaired) electrons. The van der Waals surface area contributed by atoms with Crippen LogP contribution in [0.3, 0.4) is 0 Å². The summed E-state index contributed by atoms with van der Waals surface area (Å²) in [6.45, 7) is 0.114. The van der Waals surface area contributed by atoms with Gasteiger partial charge >= 0.3 is 0 Å². The zero-order valence-electron chi connectivity index (χ0n) is 12.4. The summed E-state index contributed by atoms with van der Waals surface area (Å²) in [6.07, 6.45) is 2.62. The Labute approximate surface area is 127 Å². The Hall–Kier alpha value is -2.67. The van der Waals surface area contributed by atoms with Crippen LogP contribution in [0.15, 0.2) is 36.7 Å². The molecule has 114 valence electrons. The van der Waals surface area contributed by atoms with E-state index in [-0.39, 0.29) is 18.1 Å². The number of para-hydroxylation sites is 1. The van der Waals surface area contributed by atoms with Crippen LogP contribution in [0, 0.1) is 0 Å². The van der Waals surface area contributed by atoms with Gasteiger partial charge in [-0.3, -0.25) is 9.48 Å². The van der Waals surface area contributed by atoms with E-state index in [4.69, 9.17) is 0 Å². The van der Waals surface area contributed by atoms with Crippen molar-refractivity contribution in [3.8, 4) is 0 Å². The van der Waals surface area contributed by atoms with E-state index in [0.717, 1.165) is 16.5 Å². The predicted molar refractivity (Wildman–Crippen MR) is 81.2 cm³/mol. The molecule has 22 heavy (non-hydrogen) atoms. The minimum atomic E-state index is -0.785. The van der Waals surface area contributed by atoms with E-state index in [9.17, 15) is 9.90 Å². The molecule has 1 amide bonds. The molecule has 2 N–H and O–H groups in total. The van der Waals surface area contributed by atoms with Crippen molar-refractivity contribution in [2.45, 2.75) is 6.10 Å². The summed E-state index contributed by atoms with van der Waals surface area (Å²) < 4.78 is 3.41. The second-order valence-corrected chi connectivity index (χ2v) is 5.22. The number of aliphatic hydroxyl groups is 1. The number of carbonyl (C=O) groups is 1. The van der Waals surface area contributed by atoms with Gasteiger partial charge in [0.2, 0.25) is 0 Å². The van der Waals surface area contributed by atoms with Gasteiger partial charge in [-0.05, 0) is 6.07 Å². The van der Waals surface area contributed by atoms with Gasteiger partial charge in [0.1, 0.15) is 0 Å². The molecule has 1 atom stereocenters. The number of hydrogen-bond donors (Lipinski definition) is 2. The molecule has 1 aromatic carbocycles. The summed E-state index contributed by atoms with van der Waals surface area (Å²) >= 11 is 0. The van der Waals surface area contributed by atoms with E-state index >= 15 is 0 Å². The molecule has 2 aromatic heterocycles. The van der Waals surface area contributed by atoms with Crippen LogP contribution in [0.5, 0.6) is 0 Å². The number of fused-ring (bicyclic) bond motifs is 1. The first-order chi connectivity index (χ1) is 10.6. The Morgan fingerprint density at radius 3 is 2.82 bits per heavy atom. The lowest BCUT2D eigenvalue weighted by molar-refractivity contribution is 0.0912. The topological polar surface area (TPSA) is 85.0 Å². The Bertz CT molecular complexity index is 820. The molecule has 2 heterocycles. The van der Waals surface area contributed by atoms with Gasteiger partial charge in [-0.25, -0.2) is 0 Å². The van der Waals surface area contributed by atoms with E-state index in [1.54, 1.807) is 7.05 Å². The summed E-state index contributed by atoms with van der Waals surface area (Å²) in [7, 11) is 3.62. The molecule has 0 bridgehead atoms. The second kappa shape index (κ2) is 5.61. The minimum Gasteiger partial charge on any atom is -0.386 e. The van der Waals surface area contributed by atoms with E-state index < -0.39 is 6.10 Å². The third-order valence-corrected chi connectivity index (χ3v) is 3.58. The lowest BCUT2D eigenvalue weighted by atomic mass is 10.1. The van der Waals surface area contributed by atoms with Gasteiger partial charge in [-0.15, -0.1) is 5.10 Å². The molecule has 0 aliphatic rings. The number of nitrogens with zero attached hydrogens (tertiary/aromatic N) is 4. The van der Waals surface area contributed by atoms with Gasteiger partial charge in [-0.2, -0.15) is 0 Å². The Morgan fingerprint density at radius 1 is 1.32 bits per heavy atom. The van der Waals surface area contributed by atoms with Crippen molar-refractivity contribution in [1.29, 1.82) is 0 Å². The van der Waals surface area contributed by atoms with Gasteiger partial charge in [0.05, 0.1) is 12.3 Å². The summed E-state index contributed by atoms with van der Waals surface area (Å²) in [5, 5.41) is 21.5. The fraction of sp³-hybridized carbons (Fsp3) is 0.267. The lowest BCUT2D eigenvalue weighted by Gasteiger charge is -2.10. The minimum absolute atomic E-state index is 0.114. The first kappa shape index (κ1) is 14.3. The van der Waals surface area contributed by atoms with Gasteiger partial charge in [0, 0.05) is 43.3 Å². The number of aliphatic hydroxyl groups excluding tert-OH is 1. The largest absolute Gasteiger partial charge is 0.386 e. The molecular weight excluding hydrogens is 282 g/mol. The zero-order chi connectivity index (χ0) is 15.7. The van der Waals surface area contributed by atoms with Gasteiger partial charge in [0.25, 0.3) is 5.91 Å². The third-order valence-electron chi connectivity index (χ3n) is 3.58. The van der Waals surface area contributed by atoms with Crippen molar-refractivity contribution in [3.05, 3.63) is 47.9 Å². The van der Waals surface area contributed by atoms with Crippen LogP contribution in [-0.2, 0) is 14.1 Å². The summed E-state index contributed by atoms with van der Waals surface area (Å²) in [5.74, 6) is -0.354. The fourth-order valence-electron chi connectivity index (χ4n) is 2.48. The van der Waals surface area contributed by atoms with Crippen LogP contribution < -0.4 is 5.32 Å². The molecule has 0 saturated carbocycles.